The van der Waals surface area contributed by atoms with Crippen molar-refractivity contribution in [2.75, 3.05) is 13.7 Å². The molecule has 2 aliphatic heterocycles. The van der Waals surface area contributed by atoms with E-state index in [0.29, 0.717) is 24.8 Å². The first-order valence-electron chi connectivity index (χ1n) is 10.1. The molecule has 10 heteroatoms. The van der Waals surface area contributed by atoms with Gasteiger partial charge in [-0.2, -0.15) is 0 Å². The molecule has 0 bridgehead atoms. The van der Waals surface area contributed by atoms with Crippen LogP contribution >= 0.6 is 0 Å². The molecule has 2 heterocycles. The molecule has 31 heavy (non-hydrogen) atoms. The molecule has 2 aliphatic rings. The van der Waals surface area contributed by atoms with Gasteiger partial charge in [-0.05, 0) is 19.3 Å². The van der Waals surface area contributed by atoms with E-state index < -0.39 is 11.9 Å². The summed E-state index contributed by atoms with van der Waals surface area (Å²) in [5.41, 5.74) is 5.85. The molecule has 2 rings (SSSR count). The van der Waals surface area contributed by atoms with E-state index in [2.05, 4.69) is 0 Å². The minimum atomic E-state index is -0.745. The number of carbonyl (C=O) groups excluding carboxylic acids is 3. The second kappa shape index (κ2) is 19.3. The van der Waals surface area contributed by atoms with Crippen LogP contribution in [-0.4, -0.2) is 65.3 Å². The number of carboxylic acid groups (broad SMARTS) is 1. The number of nitrogens with two attached hydrogens (primary N) is 1. The summed E-state index contributed by atoms with van der Waals surface area (Å²) in [5, 5.41) is 14.7. The quantitative estimate of drug-likeness (QED) is 0.393. The molecule has 0 spiro atoms. The average Bonchev–Trinajstić information content (AvgIpc) is 3.28. The van der Waals surface area contributed by atoms with E-state index in [4.69, 9.17) is 25.4 Å². The summed E-state index contributed by atoms with van der Waals surface area (Å²) in [4.78, 5) is 42.7. The van der Waals surface area contributed by atoms with Crippen molar-refractivity contribution in [3.8, 4) is 0 Å². The van der Waals surface area contributed by atoms with Gasteiger partial charge in [0.15, 0.2) is 0 Å². The summed E-state index contributed by atoms with van der Waals surface area (Å²) >= 11 is 0. The lowest BCUT2D eigenvalue weighted by Gasteiger charge is -2.27. The van der Waals surface area contributed by atoms with Gasteiger partial charge in [-0.1, -0.05) is 26.8 Å². The monoisotopic (exact) mass is 444 g/mol. The van der Waals surface area contributed by atoms with Crippen LogP contribution in [0.4, 0.5) is 0 Å². The van der Waals surface area contributed by atoms with E-state index in [1.165, 1.54) is 0 Å². The average molecular weight is 445 g/mol. The maximum atomic E-state index is 11.2. The number of esters is 1. The Balaban J connectivity index is 0. The molecule has 1 fully saturated rings. The lowest BCUT2D eigenvalue weighted by atomic mass is 10.1. The number of aldehydes is 1. The van der Waals surface area contributed by atoms with Crippen molar-refractivity contribution in [2.45, 2.75) is 71.6 Å². The Labute approximate surface area is 183 Å². The third kappa shape index (κ3) is 14.8. The topological polar surface area (TPSA) is 156 Å². The molecular weight excluding hydrogens is 408 g/mol. The Hall–Kier alpha value is -2.72. The number of aliphatic hydroxyl groups is 1. The Morgan fingerprint density at radius 3 is 2.26 bits per heavy atom. The summed E-state index contributed by atoms with van der Waals surface area (Å²) in [6.07, 6.45) is 9.58. The van der Waals surface area contributed by atoms with Crippen LogP contribution in [0, 0.1) is 0 Å². The van der Waals surface area contributed by atoms with Crippen molar-refractivity contribution in [3.05, 3.63) is 24.0 Å². The SMILES string of the molecule is CCC(=O)O.CCC(=O)OC[C@@H]1CC[C@H](N2C=CCC(C(N)=O)=C2)O1.CCC=O.CO. The van der Waals surface area contributed by atoms with Gasteiger partial charge >= 0.3 is 11.9 Å². The Morgan fingerprint density at radius 2 is 1.81 bits per heavy atom. The van der Waals surface area contributed by atoms with Crippen molar-refractivity contribution in [1.29, 1.82) is 0 Å². The van der Waals surface area contributed by atoms with Crippen LogP contribution in [0.2, 0.25) is 0 Å². The van der Waals surface area contributed by atoms with Crippen LogP contribution in [0.15, 0.2) is 24.0 Å². The molecule has 1 saturated heterocycles. The van der Waals surface area contributed by atoms with E-state index in [9.17, 15) is 19.2 Å². The van der Waals surface area contributed by atoms with Gasteiger partial charge in [-0.25, -0.2) is 0 Å². The number of carboxylic acids is 1. The van der Waals surface area contributed by atoms with Gasteiger partial charge in [-0.3, -0.25) is 14.4 Å². The number of rotatable bonds is 7. The smallest absolute Gasteiger partial charge is 0.305 e. The molecular formula is C21H36N2O8. The highest BCUT2D eigenvalue weighted by molar-refractivity contribution is 5.92. The molecule has 0 aromatic heterocycles. The first-order chi connectivity index (χ1) is 14.8. The zero-order valence-corrected chi connectivity index (χ0v) is 18.8. The van der Waals surface area contributed by atoms with Gasteiger partial charge < -0.3 is 35.1 Å². The van der Waals surface area contributed by atoms with E-state index in [0.717, 1.165) is 26.2 Å². The first kappa shape index (κ1) is 30.5. The third-order valence-electron chi connectivity index (χ3n) is 3.84. The standard InChI is InChI=1S/C14H20N2O4.C3H6O2.C3H6O.CH4O/c1-2-13(17)19-9-11-5-6-12(20-11)16-7-3-4-10(8-16)14(15)18;1-2-3(4)5;1-2-3-4;1-2/h3,7-8,11-12H,2,4-6,9H2,1H3,(H2,15,18);2H2,1H3,(H,4,5);3H,2H2,1H3;2H,1H3/t11-,12+;;;/m0.../s1. The van der Waals surface area contributed by atoms with E-state index in [1.807, 2.05) is 24.1 Å². The minimum Gasteiger partial charge on any atom is -0.481 e. The molecule has 0 unspecified atom stereocenters. The number of aliphatic carboxylic acids is 1. The number of nitrogens with zero attached hydrogens (tertiary/aromatic N) is 1. The Kier molecular flexibility index (Phi) is 18.9. The molecule has 10 nitrogen and oxygen atoms in total. The highest BCUT2D eigenvalue weighted by Crippen LogP contribution is 2.26. The third-order valence-corrected chi connectivity index (χ3v) is 3.84. The maximum Gasteiger partial charge on any atom is 0.305 e. The summed E-state index contributed by atoms with van der Waals surface area (Å²) in [6.45, 7) is 5.46. The zero-order valence-electron chi connectivity index (χ0n) is 18.8. The molecule has 1 amide bonds. The van der Waals surface area contributed by atoms with Gasteiger partial charge in [-0.15, -0.1) is 0 Å². The highest BCUT2D eigenvalue weighted by atomic mass is 16.6. The van der Waals surface area contributed by atoms with E-state index >= 15 is 0 Å². The van der Waals surface area contributed by atoms with Crippen molar-refractivity contribution in [2.24, 2.45) is 5.73 Å². The zero-order chi connectivity index (χ0) is 24.2. The number of hydrogen-bond acceptors (Lipinski definition) is 8. The summed E-state index contributed by atoms with van der Waals surface area (Å²) in [6, 6.07) is 0. The fraction of sp³-hybridized carbons (Fsp3) is 0.619. The van der Waals surface area contributed by atoms with Crippen LogP contribution in [0.3, 0.4) is 0 Å². The van der Waals surface area contributed by atoms with Gasteiger partial charge in [0.25, 0.3) is 0 Å². The molecule has 0 radical (unpaired) electrons. The number of allylic oxidation sites excluding steroid dienone is 1. The molecule has 0 aromatic carbocycles. The summed E-state index contributed by atoms with van der Waals surface area (Å²) in [7, 11) is 1.00. The van der Waals surface area contributed by atoms with Crippen molar-refractivity contribution >= 4 is 24.1 Å². The van der Waals surface area contributed by atoms with E-state index in [1.54, 1.807) is 20.0 Å². The number of amides is 1. The lowest BCUT2D eigenvalue weighted by molar-refractivity contribution is -0.148. The van der Waals surface area contributed by atoms with E-state index in [-0.39, 0.29) is 31.3 Å². The van der Waals surface area contributed by atoms with Crippen LogP contribution in [0.1, 0.15) is 59.3 Å². The van der Waals surface area contributed by atoms with Gasteiger partial charge in [0.2, 0.25) is 5.91 Å². The fourth-order valence-corrected chi connectivity index (χ4v) is 2.24. The number of carbonyl (C=O) groups is 4. The normalized spacial score (nSPS) is 18.6. The predicted octanol–water partition coefficient (Wildman–Crippen LogP) is 1.72. The maximum absolute atomic E-state index is 11.2. The molecule has 0 saturated carbocycles. The highest BCUT2D eigenvalue weighted by Gasteiger charge is 2.30. The van der Waals surface area contributed by atoms with Crippen LogP contribution in [0.25, 0.3) is 0 Å². The second-order valence-corrected chi connectivity index (χ2v) is 6.20. The summed E-state index contributed by atoms with van der Waals surface area (Å²) in [5.74, 6) is -1.37. The second-order valence-electron chi connectivity index (χ2n) is 6.20. The van der Waals surface area contributed by atoms with Crippen LogP contribution < -0.4 is 5.73 Å². The Bertz CT molecular complexity index is 604. The molecule has 4 N–H and O–H groups in total. The minimum absolute atomic E-state index is 0.0868. The van der Waals surface area contributed by atoms with Gasteiger partial charge in [0.05, 0.1) is 6.10 Å². The molecule has 2 atom stereocenters. The number of aliphatic hydroxyl groups excluding tert-OH is 1. The van der Waals surface area contributed by atoms with Crippen molar-refractivity contribution in [1.82, 2.24) is 4.90 Å². The van der Waals surface area contributed by atoms with Crippen molar-refractivity contribution < 1.29 is 38.9 Å². The largest absolute Gasteiger partial charge is 0.481 e. The van der Waals surface area contributed by atoms with Crippen molar-refractivity contribution in [3.63, 3.8) is 0 Å². The number of primary amides is 1. The predicted molar refractivity (Wildman–Crippen MR) is 114 cm³/mol. The first-order valence-corrected chi connectivity index (χ1v) is 10.1. The van der Waals surface area contributed by atoms with Gasteiger partial charge in [0, 0.05) is 44.3 Å². The summed E-state index contributed by atoms with van der Waals surface area (Å²) < 4.78 is 10.9. The Morgan fingerprint density at radius 1 is 1.23 bits per heavy atom. The molecule has 178 valence electrons. The van der Waals surface area contributed by atoms with Crippen LogP contribution in [-0.2, 0) is 28.7 Å². The number of hydrogen-bond donors (Lipinski definition) is 3. The molecule has 0 aliphatic carbocycles. The lowest BCUT2D eigenvalue weighted by Crippen LogP contribution is -2.30. The molecule has 0 aromatic rings. The van der Waals surface area contributed by atoms with Crippen LogP contribution in [0.5, 0.6) is 0 Å². The van der Waals surface area contributed by atoms with Gasteiger partial charge in [0.1, 0.15) is 19.1 Å². The number of ether oxygens (including phenoxy) is 2. The fourth-order valence-electron chi connectivity index (χ4n) is 2.24.